The van der Waals surface area contributed by atoms with Gasteiger partial charge in [0.15, 0.2) is 5.11 Å². The van der Waals surface area contributed by atoms with Gasteiger partial charge in [0.2, 0.25) is 0 Å². The number of imidazole rings is 1. The maximum absolute atomic E-state index is 11.2. The lowest BCUT2D eigenvalue weighted by molar-refractivity contribution is 0.0376. The monoisotopic (exact) mass is 335 g/mol. The molecule has 1 saturated heterocycles. The van der Waals surface area contributed by atoms with Crippen molar-refractivity contribution in [2.75, 3.05) is 44.7 Å². The molecule has 0 radical (unpaired) electrons. The third-order valence-electron chi connectivity index (χ3n) is 3.81. The maximum Gasteiger partial charge on any atom is 0.323 e. The number of ether oxygens (including phenoxy) is 1. The van der Waals surface area contributed by atoms with Crippen LogP contribution in [0.4, 0.5) is 5.69 Å². The van der Waals surface area contributed by atoms with E-state index in [9.17, 15) is 4.79 Å². The van der Waals surface area contributed by atoms with E-state index < -0.39 is 0 Å². The fraction of sp³-hybridized carbons (Fsp3) is 0.467. The van der Waals surface area contributed by atoms with Gasteiger partial charge in [-0.05, 0) is 43.4 Å². The minimum atomic E-state index is -0.207. The first-order chi connectivity index (χ1) is 11.2. The van der Waals surface area contributed by atoms with Crippen LogP contribution in [0.5, 0.6) is 0 Å². The van der Waals surface area contributed by atoms with Gasteiger partial charge in [-0.1, -0.05) is 0 Å². The largest absolute Gasteiger partial charge is 0.379 e. The molecular weight excluding hydrogens is 314 g/mol. The molecule has 1 aromatic heterocycles. The second-order valence-corrected chi connectivity index (χ2v) is 5.94. The number of benzene rings is 1. The summed E-state index contributed by atoms with van der Waals surface area (Å²) in [6, 6.07) is 5.58. The molecule has 0 unspecified atom stereocenters. The van der Waals surface area contributed by atoms with Crippen molar-refractivity contribution in [2.45, 2.75) is 6.42 Å². The lowest BCUT2D eigenvalue weighted by atomic mass is 10.3. The SMILES string of the molecule is O=c1[nH]c2ccc(NC(=S)NCCCN3CCOCC3)cc2[nH]1. The highest BCUT2D eigenvalue weighted by Gasteiger charge is 2.09. The molecule has 0 bridgehead atoms. The predicted octanol–water partition coefficient (Wildman–Crippen LogP) is 0.865. The minimum Gasteiger partial charge on any atom is -0.379 e. The second kappa shape index (κ2) is 7.58. The molecule has 23 heavy (non-hydrogen) atoms. The van der Waals surface area contributed by atoms with Crippen LogP contribution in [0.15, 0.2) is 23.0 Å². The molecule has 4 N–H and O–H groups in total. The molecule has 0 amide bonds. The average molecular weight is 335 g/mol. The van der Waals surface area contributed by atoms with Gasteiger partial charge >= 0.3 is 5.69 Å². The molecule has 124 valence electrons. The van der Waals surface area contributed by atoms with Crippen LogP contribution in [0.1, 0.15) is 6.42 Å². The number of aromatic amines is 2. The number of fused-ring (bicyclic) bond motifs is 1. The summed E-state index contributed by atoms with van der Waals surface area (Å²) in [6.45, 7) is 5.56. The van der Waals surface area contributed by atoms with E-state index in [-0.39, 0.29) is 5.69 Å². The van der Waals surface area contributed by atoms with Gasteiger partial charge in [-0.2, -0.15) is 0 Å². The number of hydrogen-bond acceptors (Lipinski definition) is 4. The Kier molecular flexibility index (Phi) is 5.27. The topological polar surface area (TPSA) is 85.2 Å². The second-order valence-electron chi connectivity index (χ2n) is 5.53. The van der Waals surface area contributed by atoms with Gasteiger partial charge < -0.3 is 25.3 Å². The zero-order chi connectivity index (χ0) is 16.1. The van der Waals surface area contributed by atoms with Gasteiger partial charge in [0, 0.05) is 25.3 Å². The van der Waals surface area contributed by atoms with E-state index in [0.29, 0.717) is 5.11 Å². The molecule has 0 atom stereocenters. The fourth-order valence-corrected chi connectivity index (χ4v) is 2.83. The molecule has 8 heteroatoms. The van der Waals surface area contributed by atoms with E-state index in [2.05, 4.69) is 25.5 Å². The smallest absolute Gasteiger partial charge is 0.323 e. The molecular formula is C15H21N5O2S. The number of H-pyrrole nitrogens is 2. The summed E-state index contributed by atoms with van der Waals surface area (Å²) in [5.41, 5.74) is 2.18. The molecule has 0 saturated carbocycles. The number of hydrogen-bond donors (Lipinski definition) is 4. The van der Waals surface area contributed by atoms with Gasteiger partial charge in [0.1, 0.15) is 0 Å². The van der Waals surface area contributed by atoms with E-state index in [4.69, 9.17) is 17.0 Å². The van der Waals surface area contributed by atoms with Crippen LogP contribution in [0, 0.1) is 0 Å². The van der Waals surface area contributed by atoms with Crippen molar-refractivity contribution in [3.05, 3.63) is 28.7 Å². The molecule has 7 nitrogen and oxygen atoms in total. The van der Waals surface area contributed by atoms with Gasteiger partial charge in [0.25, 0.3) is 0 Å². The normalized spacial score (nSPS) is 15.7. The van der Waals surface area contributed by atoms with Crippen molar-refractivity contribution >= 4 is 34.1 Å². The fourth-order valence-electron chi connectivity index (χ4n) is 2.61. The van der Waals surface area contributed by atoms with E-state index in [0.717, 1.165) is 62.5 Å². The van der Waals surface area contributed by atoms with Crippen LogP contribution in [0.3, 0.4) is 0 Å². The number of anilines is 1. The van der Waals surface area contributed by atoms with E-state index >= 15 is 0 Å². The van der Waals surface area contributed by atoms with E-state index in [1.54, 1.807) is 0 Å². The Hall–Kier alpha value is -1.90. The molecule has 2 heterocycles. The summed E-state index contributed by atoms with van der Waals surface area (Å²) in [4.78, 5) is 19.1. The van der Waals surface area contributed by atoms with Crippen molar-refractivity contribution in [1.82, 2.24) is 20.2 Å². The zero-order valence-electron chi connectivity index (χ0n) is 12.9. The van der Waals surface area contributed by atoms with Gasteiger partial charge in [-0.15, -0.1) is 0 Å². The van der Waals surface area contributed by atoms with Gasteiger partial charge in [0.05, 0.1) is 24.2 Å². The molecule has 3 rings (SSSR count). The standard InChI is InChI=1S/C15H21N5O2S/c21-14-18-12-3-2-11(10-13(12)19-14)17-15(23)16-4-1-5-20-6-8-22-9-7-20/h2-3,10H,1,4-9H2,(H2,16,17,23)(H2,18,19,21). The molecule has 0 spiro atoms. The maximum atomic E-state index is 11.2. The Morgan fingerprint density at radius 2 is 2.04 bits per heavy atom. The predicted molar refractivity (Wildman–Crippen MR) is 95.0 cm³/mol. The van der Waals surface area contributed by atoms with Crippen LogP contribution in [0.2, 0.25) is 0 Å². The number of thiocarbonyl (C=S) groups is 1. The lowest BCUT2D eigenvalue weighted by Gasteiger charge is -2.26. The third-order valence-corrected chi connectivity index (χ3v) is 4.06. The summed E-state index contributed by atoms with van der Waals surface area (Å²) in [5, 5.41) is 6.93. The first-order valence-electron chi connectivity index (χ1n) is 7.78. The summed E-state index contributed by atoms with van der Waals surface area (Å²) in [6.07, 6.45) is 1.03. The highest BCUT2D eigenvalue weighted by atomic mass is 32.1. The number of aromatic nitrogens is 2. The van der Waals surface area contributed by atoms with Gasteiger partial charge in [-0.25, -0.2) is 4.79 Å². The quantitative estimate of drug-likeness (QED) is 0.479. The number of nitrogens with zero attached hydrogens (tertiary/aromatic N) is 1. The van der Waals surface area contributed by atoms with E-state index in [1.807, 2.05) is 18.2 Å². The number of morpholine rings is 1. The molecule has 1 aromatic carbocycles. The summed E-state index contributed by atoms with van der Waals surface area (Å²) in [7, 11) is 0. The minimum absolute atomic E-state index is 0.207. The Morgan fingerprint density at radius 1 is 1.26 bits per heavy atom. The highest BCUT2D eigenvalue weighted by Crippen LogP contribution is 2.14. The highest BCUT2D eigenvalue weighted by molar-refractivity contribution is 7.80. The van der Waals surface area contributed by atoms with Crippen LogP contribution in [0.25, 0.3) is 11.0 Å². The van der Waals surface area contributed by atoms with Crippen LogP contribution >= 0.6 is 12.2 Å². The summed E-state index contributed by atoms with van der Waals surface area (Å²) < 4.78 is 5.33. The average Bonchev–Trinajstić information content (AvgIpc) is 2.92. The van der Waals surface area contributed by atoms with Crippen molar-refractivity contribution in [3.8, 4) is 0 Å². The molecule has 1 fully saturated rings. The van der Waals surface area contributed by atoms with Crippen LogP contribution in [-0.2, 0) is 4.74 Å². The number of nitrogens with one attached hydrogen (secondary N) is 4. The molecule has 2 aromatic rings. The van der Waals surface area contributed by atoms with Crippen LogP contribution < -0.4 is 16.3 Å². The van der Waals surface area contributed by atoms with Crippen molar-refractivity contribution in [1.29, 1.82) is 0 Å². The van der Waals surface area contributed by atoms with Crippen molar-refractivity contribution < 1.29 is 4.74 Å². The summed E-state index contributed by atoms with van der Waals surface area (Å²) >= 11 is 5.30. The Morgan fingerprint density at radius 3 is 2.87 bits per heavy atom. The molecule has 1 aliphatic rings. The summed E-state index contributed by atoms with van der Waals surface area (Å²) in [5.74, 6) is 0. The van der Waals surface area contributed by atoms with Crippen molar-refractivity contribution in [2.24, 2.45) is 0 Å². The lowest BCUT2D eigenvalue weighted by Crippen LogP contribution is -2.38. The van der Waals surface area contributed by atoms with Gasteiger partial charge in [-0.3, -0.25) is 4.90 Å². The van der Waals surface area contributed by atoms with E-state index in [1.165, 1.54) is 0 Å². The Bertz CT molecular complexity index is 720. The Balaban J connectivity index is 1.42. The van der Waals surface area contributed by atoms with Crippen molar-refractivity contribution in [3.63, 3.8) is 0 Å². The Labute approximate surface area is 139 Å². The first kappa shape index (κ1) is 16.0. The zero-order valence-corrected chi connectivity index (χ0v) is 13.7. The molecule has 0 aliphatic carbocycles. The number of rotatable bonds is 5. The third kappa shape index (κ3) is 4.54. The van der Waals surface area contributed by atoms with Crippen LogP contribution in [-0.4, -0.2) is 59.4 Å². The first-order valence-corrected chi connectivity index (χ1v) is 8.18. The molecule has 1 aliphatic heterocycles.